The largest absolute Gasteiger partial charge is 0.481 e. The third-order valence-corrected chi connectivity index (χ3v) is 3.66. The summed E-state index contributed by atoms with van der Waals surface area (Å²) in [6.07, 6.45) is 0.00971. The number of carboxylic acid groups (broad SMARTS) is 1. The summed E-state index contributed by atoms with van der Waals surface area (Å²) < 4.78 is 0.963. The summed E-state index contributed by atoms with van der Waals surface area (Å²) in [6.45, 7) is 2.51. The van der Waals surface area contributed by atoms with E-state index in [1.54, 1.807) is 0 Å². The quantitative estimate of drug-likeness (QED) is 0.884. The summed E-state index contributed by atoms with van der Waals surface area (Å²) in [5, 5.41) is 11.7. The van der Waals surface area contributed by atoms with Crippen LogP contribution in [-0.4, -0.2) is 36.1 Å². The Morgan fingerprint density at radius 1 is 1.58 bits per heavy atom. The van der Waals surface area contributed by atoms with Gasteiger partial charge in [-0.25, -0.2) is 0 Å². The zero-order valence-electron chi connectivity index (χ0n) is 10.5. The van der Waals surface area contributed by atoms with Crippen LogP contribution in [0.25, 0.3) is 0 Å². The number of benzene rings is 1. The molecule has 6 heteroatoms. The summed E-state index contributed by atoms with van der Waals surface area (Å²) >= 11 is 3.40. The highest BCUT2D eigenvalue weighted by Gasteiger charge is 2.29. The SMILES string of the molecule is Cc1cc(Br)ccc1N1CC(=O)NCC1CC(=O)O. The van der Waals surface area contributed by atoms with Crippen LogP contribution in [0.3, 0.4) is 0 Å². The molecule has 102 valence electrons. The van der Waals surface area contributed by atoms with Crippen molar-refractivity contribution in [2.75, 3.05) is 18.0 Å². The highest BCUT2D eigenvalue weighted by atomic mass is 79.9. The molecule has 0 saturated carbocycles. The topological polar surface area (TPSA) is 69.6 Å². The number of aryl methyl sites for hydroxylation is 1. The minimum absolute atomic E-state index is 0.00971. The van der Waals surface area contributed by atoms with Crippen molar-refractivity contribution in [2.45, 2.75) is 19.4 Å². The Morgan fingerprint density at radius 3 is 2.95 bits per heavy atom. The van der Waals surface area contributed by atoms with Crippen LogP contribution in [0.15, 0.2) is 22.7 Å². The van der Waals surface area contributed by atoms with Crippen LogP contribution in [-0.2, 0) is 9.59 Å². The Bertz CT molecular complexity index is 519. The van der Waals surface area contributed by atoms with Gasteiger partial charge in [-0.2, -0.15) is 0 Å². The highest BCUT2D eigenvalue weighted by Crippen LogP contribution is 2.27. The van der Waals surface area contributed by atoms with E-state index in [0.29, 0.717) is 6.54 Å². The van der Waals surface area contributed by atoms with Gasteiger partial charge in [-0.3, -0.25) is 9.59 Å². The molecule has 1 amide bonds. The molecule has 1 fully saturated rings. The third-order valence-electron chi connectivity index (χ3n) is 3.17. The van der Waals surface area contributed by atoms with E-state index in [1.807, 2.05) is 30.0 Å². The van der Waals surface area contributed by atoms with E-state index in [0.717, 1.165) is 15.7 Å². The van der Waals surface area contributed by atoms with Gasteiger partial charge < -0.3 is 15.3 Å². The number of nitrogens with one attached hydrogen (secondary N) is 1. The number of hydrogen-bond donors (Lipinski definition) is 2. The van der Waals surface area contributed by atoms with E-state index < -0.39 is 5.97 Å². The predicted octanol–water partition coefficient (Wildman–Crippen LogP) is 1.54. The molecule has 5 nitrogen and oxygen atoms in total. The van der Waals surface area contributed by atoms with Crippen molar-refractivity contribution in [3.8, 4) is 0 Å². The van der Waals surface area contributed by atoms with Crippen LogP contribution in [0.1, 0.15) is 12.0 Å². The van der Waals surface area contributed by atoms with Gasteiger partial charge in [0.25, 0.3) is 0 Å². The number of anilines is 1. The number of aliphatic carboxylic acids is 1. The van der Waals surface area contributed by atoms with Gasteiger partial charge in [0, 0.05) is 16.7 Å². The zero-order valence-corrected chi connectivity index (χ0v) is 12.1. The van der Waals surface area contributed by atoms with Crippen LogP contribution in [0.5, 0.6) is 0 Å². The average Bonchev–Trinajstić information content (AvgIpc) is 2.31. The summed E-state index contributed by atoms with van der Waals surface area (Å²) in [5.74, 6) is -0.940. The molecule has 0 aliphatic carbocycles. The average molecular weight is 327 g/mol. The molecule has 0 spiro atoms. The molecule has 2 rings (SSSR count). The fourth-order valence-corrected chi connectivity index (χ4v) is 2.76. The second-order valence-corrected chi connectivity index (χ2v) is 5.53. The number of carbonyl (C=O) groups excluding carboxylic acids is 1. The first kappa shape index (κ1) is 13.9. The fourth-order valence-electron chi connectivity index (χ4n) is 2.29. The second-order valence-electron chi connectivity index (χ2n) is 4.61. The van der Waals surface area contributed by atoms with Crippen LogP contribution < -0.4 is 10.2 Å². The Morgan fingerprint density at radius 2 is 2.32 bits per heavy atom. The maximum Gasteiger partial charge on any atom is 0.305 e. The van der Waals surface area contributed by atoms with Gasteiger partial charge in [-0.1, -0.05) is 15.9 Å². The Labute approximate surface area is 119 Å². The molecule has 1 aromatic rings. The molecule has 2 N–H and O–H groups in total. The first-order valence-electron chi connectivity index (χ1n) is 5.98. The van der Waals surface area contributed by atoms with Gasteiger partial charge in [-0.15, -0.1) is 0 Å². The normalized spacial score (nSPS) is 19.2. The Kier molecular flexibility index (Phi) is 4.09. The minimum Gasteiger partial charge on any atom is -0.481 e. The molecule has 1 aromatic carbocycles. The standard InChI is InChI=1S/C13H15BrN2O3/c1-8-4-9(14)2-3-11(8)16-7-12(17)15-6-10(16)5-13(18)19/h2-4,10H,5-7H2,1H3,(H,15,17)(H,18,19). The van der Waals surface area contributed by atoms with Gasteiger partial charge in [-0.05, 0) is 30.7 Å². The van der Waals surface area contributed by atoms with Gasteiger partial charge in [0.15, 0.2) is 0 Å². The van der Waals surface area contributed by atoms with E-state index in [1.165, 1.54) is 0 Å². The van der Waals surface area contributed by atoms with Crippen LogP contribution in [0, 0.1) is 6.92 Å². The molecule has 1 atom stereocenters. The number of carbonyl (C=O) groups is 2. The van der Waals surface area contributed by atoms with Crippen molar-refractivity contribution in [1.29, 1.82) is 0 Å². The second kappa shape index (κ2) is 5.61. The van der Waals surface area contributed by atoms with Crippen LogP contribution >= 0.6 is 15.9 Å². The number of nitrogens with zero attached hydrogens (tertiary/aromatic N) is 1. The summed E-state index contributed by atoms with van der Waals surface area (Å²) in [4.78, 5) is 24.3. The van der Waals surface area contributed by atoms with E-state index in [4.69, 9.17) is 5.11 Å². The van der Waals surface area contributed by atoms with E-state index in [2.05, 4.69) is 21.2 Å². The number of halogens is 1. The highest BCUT2D eigenvalue weighted by molar-refractivity contribution is 9.10. The van der Waals surface area contributed by atoms with Crippen molar-refractivity contribution in [2.24, 2.45) is 0 Å². The lowest BCUT2D eigenvalue weighted by molar-refractivity contribution is -0.138. The maximum absolute atomic E-state index is 11.5. The zero-order chi connectivity index (χ0) is 14.0. The molecule has 1 aliphatic rings. The van der Waals surface area contributed by atoms with Crippen LogP contribution in [0.4, 0.5) is 5.69 Å². The number of hydrogen-bond acceptors (Lipinski definition) is 3. The molecular weight excluding hydrogens is 312 g/mol. The van der Waals surface area contributed by atoms with E-state index in [9.17, 15) is 9.59 Å². The molecule has 1 heterocycles. The lowest BCUT2D eigenvalue weighted by Gasteiger charge is -2.37. The first-order valence-corrected chi connectivity index (χ1v) is 6.78. The predicted molar refractivity (Wildman–Crippen MR) is 75.3 cm³/mol. The number of amides is 1. The van der Waals surface area contributed by atoms with Crippen molar-refractivity contribution in [3.05, 3.63) is 28.2 Å². The summed E-state index contributed by atoms with van der Waals surface area (Å²) in [6, 6.07) is 5.55. The summed E-state index contributed by atoms with van der Waals surface area (Å²) in [5.41, 5.74) is 1.92. The third kappa shape index (κ3) is 3.26. The molecule has 0 aromatic heterocycles. The molecule has 1 aliphatic heterocycles. The van der Waals surface area contributed by atoms with Crippen molar-refractivity contribution < 1.29 is 14.7 Å². The molecule has 0 bridgehead atoms. The van der Waals surface area contributed by atoms with Crippen molar-refractivity contribution >= 4 is 33.5 Å². The maximum atomic E-state index is 11.5. The monoisotopic (exact) mass is 326 g/mol. The van der Waals surface area contributed by atoms with Crippen LogP contribution in [0.2, 0.25) is 0 Å². The van der Waals surface area contributed by atoms with Gasteiger partial charge in [0.05, 0.1) is 19.0 Å². The molecule has 1 saturated heterocycles. The Balaban J connectivity index is 2.30. The molecule has 19 heavy (non-hydrogen) atoms. The van der Waals surface area contributed by atoms with E-state index in [-0.39, 0.29) is 24.9 Å². The summed E-state index contributed by atoms with van der Waals surface area (Å²) in [7, 11) is 0. The number of piperazine rings is 1. The minimum atomic E-state index is -0.860. The van der Waals surface area contributed by atoms with Gasteiger partial charge in [0.2, 0.25) is 5.91 Å². The lowest BCUT2D eigenvalue weighted by Crippen LogP contribution is -2.55. The molecule has 0 radical (unpaired) electrons. The first-order chi connectivity index (χ1) is 8.97. The van der Waals surface area contributed by atoms with Gasteiger partial charge >= 0.3 is 5.97 Å². The number of carboxylic acids is 1. The van der Waals surface area contributed by atoms with Gasteiger partial charge in [0.1, 0.15) is 0 Å². The molecular formula is C13H15BrN2O3. The lowest BCUT2D eigenvalue weighted by atomic mass is 10.1. The number of rotatable bonds is 3. The molecule has 1 unspecified atom stereocenters. The smallest absolute Gasteiger partial charge is 0.305 e. The van der Waals surface area contributed by atoms with Crippen molar-refractivity contribution in [1.82, 2.24) is 5.32 Å². The van der Waals surface area contributed by atoms with E-state index >= 15 is 0 Å². The van der Waals surface area contributed by atoms with Crippen molar-refractivity contribution in [3.63, 3.8) is 0 Å². The Hall–Kier alpha value is -1.56. The fraction of sp³-hybridized carbons (Fsp3) is 0.385.